The number of nitrogens with one attached hydrogen (secondary N) is 2. The number of benzene rings is 1. The van der Waals surface area contributed by atoms with Gasteiger partial charge in [0.05, 0.1) is 5.70 Å². The molecule has 0 aliphatic carbocycles. The monoisotopic (exact) mass is 355 g/mol. The number of hydrogen-bond donors (Lipinski definition) is 2. The van der Waals surface area contributed by atoms with Crippen molar-refractivity contribution in [1.82, 2.24) is 14.6 Å². The third kappa shape index (κ3) is 3.91. The highest BCUT2D eigenvalue weighted by molar-refractivity contribution is 5.67. The summed E-state index contributed by atoms with van der Waals surface area (Å²) in [6.07, 6.45) is 12.9. The maximum Gasteiger partial charge on any atom is 0.247 e. The molecule has 0 amide bonds. The van der Waals surface area contributed by atoms with E-state index in [0.717, 1.165) is 28.2 Å². The summed E-state index contributed by atoms with van der Waals surface area (Å²) in [6.45, 7) is 5.67. The van der Waals surface area contributed by atoms with Crippen molar-refractivity contribution in [3.05, 3.63) is 78.7 Å². The van der Waals surface area contributed by atoms with Crippen molar-refractivity contribution in [2.45, 2.75) is 6.92 Å². The molecule has 1 aromatic carbocycles. The fraction of sp³-hybridized carbons (Fsp3) is 0.0909. The average molecular weight is 355 g/mol. The van der Waals surface area contributed by atoms with Gasteiger partial charge in [-0.25, -0.2) is 4.52 Å². The second-order valence-corrected chi connectivity index (χ2v) is 5.78. The summed E-state index contributed by atoms with van der Waals surface area (Å²) in [4.78, 5) is 4.51. The van der Waals surface area contributed by atoms with Gasteiger partial charge in [-0.05, 0) is 42.8 Å². The topological polar surface area (TPSA) is 54.2 Å². The Hall–Kier alpha value is -3.78. The lowest BCUT2D eigenvalue weighted by molar-refractivity contribution is 0.965. The summed E-state index contributed by atoms with van der Waals surface area (Å²) in [5, 5.41) is 10.8. The maximum absolute atomic E-state index is 5.54. The second-order valence-electron chi connectivity index (χ2n) is 5.78. The largest absolute Gasteiger partial charge is 0.388 e. The average Bonchev–Trinajstić information content (AvgIpc) is 3.10. The third-order valence-electron chi connectivity index (χ3n) is 4.07. The number of terminal acetylenes is 1. The van der Waals surface area contributed by atoms with Crippen LogP contribution in [-0.4, -0.2) is 21.6 Å². The predicted molar refractivity (Wildman–Crippen MR) is 112 cm³/mol. The van der Waals surface area contributed by atoms with E-state index in [1.54, 1.807) is 10.6 Å². The van der Waals surface area contributed by atoms with Crippen molar-refractivity contribution in [2.75, 3.05) is 17.7 Å². The van der Waals surface area contributed by atoms with E-state index in [9.17, 15) is 0 Å². The molecule has 27 heavy (non-hydrogen) atoms. The molecule has 134 valence electrons. The number of anilines is 2. The van der Waals surface area contributed by atoms with E-state index in [0.29, 0.717) is 11.5 Å². The molecule has 0 bridgehead atoms. The summed E-state index contributed by atoms with van der Waals surface area (Å²) in [6, 6.07) is 12.2. The lowest BCUT2D eigenvalue weighted by atomic mass is 10.1. The molecular weight excluding hydrogens is 334 g/mol. The quantitative estimate of drug-likeness (QED) is 0.505. The molecule has 0 saturated heterocycles. The van der Waals surface area contributed by atoms with Crippen LogP contribution >= 0.6 is 0 Å². The third-order valence-corrected chi connectivity index (χ3v) is 4.07. The van der Waals surface area contributed by atoms with Gasteiger partial charge in [0, 0.05) is 30.1 Å². The summed E-state index contributed by atoms with van der Waals surface area (Å²) in [5.41, 5.74) is 5.36. The van der Waals surface area contributed by atoms with Crippen LogP contribution in [0.25, 0.3) is 16.8 Å². The molecule has 0 aliphatic rings. The van der Waals surface area contributed by atoms with Crippen molar-refractivity contribution in [3.63, 3.8) is 0 Å². The van der Waals surface area contributed by atoms with Crippen LogP contribution in [0.3, 0.4) is 0 Å². The van der Waals surface area contributed by atoms with Gasteiger partial charge < -0.3 is 10.6 Å². The molecule has 0 radical (unpaired) electrons. The zero-order valence-corrected chi connectivity index (χ0v) is 15.4. The molecule has 3 aromatic rings. The smallest absolute Gasteiger partial charge is 0.247 e. The maximum atomic E-state index is 5.54. The van der Waals surface area contributed by atoms with E-state index in [-0.39, 0.29) is 0 Å². The standard InChI is InChI=1S/C22H21N5/c1-5-8-20(16(6-2)7-3)24-22-25-21-14-11-18(15-27(21)26-22)17-9-12-19(23-4)13-10-17/h2,5,7-15,23H,3H2,1,4H3,(H,24,26)/b8-5-,20-16+. The van der Waals surface area contributed by atoms with Crippen LogP contribution in [0.2, 0.25) is 0 Å². The highest BCUT2D eigenvalue weighted by atomic mass is 15.3. The Morgan fingerprint density at radius 3 is 2.56 bits per heavy atom. The van der Waals surface area contributed by atoms with Crippen molar-refractivity contribution in [1.29, 1.82) is 0 Å². The number of pyridine rings is 1. The van der Waals surface area contributed by atoms with Gasteiger partial charge in [-0.1, -0.05) is 36.8 Å². The Morgan fingerprint density at radius 2 is 1.93 bits per heavy atom. The normalized spacial score (nSPS) is 11.9. The van der Waals surface area contributed by atoms with Gasteiger partial charge in [0.1, 0.15) is 0 Å². The Bertz CT molecular complexity index is 1060. The lowest BCUT2D eigenvalue weighted by Gasteiger charge is -2.04. The van der Waals surface area contributed by atoms with Crippen LogP contribution in [0.15, 0.2) is 78.7 Å². The molecule has 5 nitrogen and oxygen atoms in total. The van der Waals surface area contributed by atoms with E-state index >= 15 is 0 Å². The number of aromatic nitrogens is 3. The van der Waals surface area contributed by atoms with Gasteiger partial charge in [-0.2, -0.15) is 4.98 Å². The minimum atomic E-state index is 0.473. The number of hydrogen-bond acceptors (Lipinski definition) is 4. The number of rotatable bonds is 6. The summed E-state index contributed by atoms with van der Waals surface area (Å²) in [5.74, 6) is 3.08. The first-order valence-electron chi connectivity index (χ1n) is 8.56. The molecular formula is C22H21N5. The molecule has 3 rings (SSSR count). The summed E-state index contributed by atoms with van der Waals surface area (Å²) in [7, 11) is 1.90. The molecule has 0 spiro atoms. The van der Waals surface area contributed by atoms with Gasteiger partial charge in [-0.15, -0.1) is 11.5 Å². The minimum Gasteiger partial charge on any atom is -0.388 e. The molecule has 2 aromatic heterocycles. The van der Waals surface area contributed by atoms with Gasteiger partial charge in [-0.3, -0.25) is 0 Å². The Balaban J connectivity index is 1.94. The molecule has 0 fully saturated rings. The SMILES string of the molecule is C#C/C(C=C)=C(/C=C\C)Nc1nc2ccc(-c3ccc(NC)cc3)cn2n1. The first-order chi connectivity index (χ1) is 13.2. The Kier molecular flexibility index (Phi) is 5.38. The number of nitrogens with zero attached hydrogens (tertiary/aromatic N) is 3. The Morgan fingerprint density at radius 1 is 1.19 bits per heavy atom. The Labute approximate surface area is 159 Å². The zero-order valence-electron chi connectivity index (χ0n) is 15.4. The van der Waals surface area contributed by atoms with Crippen molar-refractivity contribution in [2.24, 2.45) is 0 Å². The van der Waals surface area contributed by atoms with Gasteiger partial charge in [0.2, 0.25) is 5.95 Å². The predicted octanol–water partition coefficient (Wildman–Crippen LogP) is 4.50. The van der Waals surface area contributed by atoms with E-state index in [1.165, 1.54) is 0 Å². The van der Waals surface area contributed by atoms with Crippen LogP contribution in [0, 0.1) is 12.3 Å². The number of fused-ring (bicyclic) bond motifs is 1. The molecule has 0 saturated carbocycles. The first kappa shape index (κ1) is 18.0. The van der Waals surface area contributed by atoms with Crippen LogP contribution < -0.4 is 10.6 Å². The molecule has 0 atom stereocenters. The van der Waals surface area contributed by atoms with Crippen molar-refractivity contribution >= 4 is 17.3 Å². The van der Waals surface area contributed by atoms with Crippen LogP contribution in [0.1, 0.15) is 6.92 Å². The first-order valence-corrected chi connectivity index (χ1v) is 8.56. The molecule has 0 unspecified atom stereocenters. The van der Waals surface area contributed by atoms with E-state index in [4.69, 9.17) is 6.42 Å². The fourth-order valence-electron chi connectivity index (χ4n) is 2.67. The number of allylic oxidation sites excluding steroid dienone is 4. The molecule has 2 N–H and O–H groups in total. The van der Waals surface area contributed by atoms with Gasteiger partial charge in [0.15, 0.2) is 5.65 Å². The van der Waals surface area contributed by atoms with Crippen LogP contribution in [0.4, 0.5) is 11.6 Å². The summed E-state index contributed by atoms with van der Waals surface area (Å²) < 4.78 is 1.75. The van der Waals surface area contributed by atoms with E-state index in [2.05, 4.69) is 45.3 Å². The van der Waals surface area contributed by atoms with Crippen molar-refractivity contribution in [3.8, 4) is 23.5 Å². The minimum absolute atomic E-state index is 0.473. The highest BCUT2D eigenvalue weighted by Crippen LogP contribution is 2.22. The lowest BCUT2D eigenvalue weighted by Crippen LogP contribution is -2.02. The zero-order chi connectivity index (χ0) is 19.2. The highest BCUT2D eigenvalue weighted by Gasteiger charge is 2.08. The molecule has 2 heterocycles. The van der Waals surface area contributed by atoms with Crippen molar-refractivity contribution < 1.29 is 0 Å². The fourth-order valence-corrected chi connectivity index (χ4v) is 2.67. The van der Waals surface area contributed by atoms with E-state index < -0.39 is 0 Å². The van der Waals surface area contributed by atoms with Gasteiger partial charge in [0.25, 0.3) is 0 Å². The van der Waals surface area contributed by atoms with Crippen LogP contribution in [0.5, 0.6) is 0 Å². The van der Waals surface area contributed by atoms with Gasteiger partial charge >= 0.3 is 0 Å². The van der Waals surface area contributed by atoms with Crippen LogP contribution in [-0.2, 0) is 0 Å². The van der Waals surface area contributed by atoms with E-state index in [1.807, 2.05) is 56.6 Å². The summed E-state index contributed by atoms with van der Waals surface area (Å²) >= 11 is 0. The second kappa shape index (κ2) is 8.07. The molecule has 5 heteroatoms. The molecule has 0 aliphatic heterocycles.